The van der Waals surface area contributed by atoms with Crippen LogP contribution in [-0.4, -0.2) is 13.7 Å². The number of rotatable bonds is 10. The quantitative estimate of drug-likeness (QED) is 0.121. The summed E-state index contributed by atoms with van der Waals surface area (Å²) in [7, 11) is 0. The molecule has 99 heavy (non-hydrogen) atoms. The number of aromatic nitrogens is 3. The molecule has 3 heterocycles. The Labute approximate surface area is 572 Å². The molecule has 20 rings (SSSR count). The molecule has 0 fully saturated rings. The van der Waals surface area contributed by atoms with Gasteiger partial charge in [0.25, 0.3) is 0 Å². The highest BCUT2D eigenvalue weighted by atomic mass is 15.0. The van der Waals surface area contributed by atoms with Gasteiger partial charge in [0.05, 0.1) is 33.1 Å². The molecule has 0 aliphatic carbocycles. The average Bonchev–Trinajstić information content (AvgIpc) is 1.36. The lowest BCUT2D eigenvalue weighted by Gasteiger charge is -2.15. The molecule has 0 spiro atoms. The first-order chi connectivity index (χ1) is 49.1. The Morgan fingerprint density at radius 1 is 0.131 bits per heavy atom. The largest absolute Gasteiger partial charge is 0.309 e. The highest BCUT2D eigenvalue weighted by molar-refractivity contribution is 6.27. The molecule has 3 aromatic heterocycles. The van der Waals surface area contributed by atoms with Crippen molar-refractivity contribution in [3.63, 3.8) is 0 Å². The molecule has 0 bridgehead atoms. The summed E-state index contributed by atoms with van der Waals surface area (Å²) in [4.78, 5) is 0. The summed E-state index contributed by atoms with van der Waals surface area (Å²) in [6.07, 6.45) is 0. The second-order valence-electron chi connectivity index (χ2n) is 26.3. The Kier molecular flexibility index (Phi) is 13.0. The van der Waals surface area contributed by atoms with Crippen molar-refractivity contribution in [2.24, 2.45) is 0 Å². The van der Waals surface area contributed by atoms with Gasteiger partial charge in [-0.25, -0.2) is 0 Å². The van der Waals surface area contributed by atoms with Gasteiger partial charge in [0.15, 0.2) is 0 Å². The smallest absolute Gasteiger partial charge is 0.0547 e. The zero-order valence-electron chi connectivity index (χ0n) is 54.1. The molecule has 0 unspecified atom stereocenters. The van der Waals surface area contributed by atoms with Gasteiger partial charge in [0.2, 0.25) is 0 Å². The third kappa shape index (κ3) is 9.27. The fourth-order valence-electron chi connectivity index (χ4n) is 16.2. The zero-order chi connectivity index (χ0) is 65.1. The lowest BCUT2D eigenvalue weighted by atomic mass is 9.89. The molecule has 3 nitrogen and oxygen atoms in total. The van der Waals surface area contributed by atoms with E-state index in [0.29, 0.717) is 0 Å². The normalized spacial score (nSPS) is 11.8. The zero-order valence-corrected chi connectivity index (χ0v) is 54.1. The van der Waals surface area contributed by atoms with Crippen molar-refractivity contribution in [1.82, 2.24) is 13.7 Å². The van der Waals surface area contributed by atoms with Crippen LogP contribution in [0.1, 0.15) is 0 Å². The van der Waals surface area contributed by atoms with Crippen molar-refractivity contribution in [1.29, 1.82) is 0 Å². The van der Waals surface area contributed by atoms with Gasteiger partial charge < -0.3 is 13.7 Å². The maximum absolute atomic E-state index is 2.46. The molecule has 0 aliphatic heterocycles. The van der Waals surface area contributed by atoms with Crippen molar-refractivity contribution in [3.05, 3.63) is 370 Å². The third-order valence-electron chi connectivity index (χ3n) is 20.8. The first-order valence-electron chi connectivity index (χ1n) is 34.2. The topological polar surface area (TPSA) is 14.8 Å². The van der Waals surface area contributed by atoms with Gasteiger partial charge in [-0.3, -0.25) is 0 Å². The first-order valence-corrected chi connectivity index (χ1v) is 34.2. The van der Waals surface area contributed by atoms with E-state index >= 15 is 0 Å². The summed E-state index contributed by atoms with van der Waals surface area (Å²) < 4.78 is 7.25. The van der Waals surface area contributed by atoms with Crippen LogP contribution in [0.5, 0.6) is 0 Å². The number of hydrogen-bond acceptors (Lipinski definition) is 0. The molecule has 20 aromatic rings. The SMILES string of the molecule is c1cc(-c2cccc(-c3cccc(-n4c5ccccc5c5c(-c6ccc7c8ccccc8c8cc(-c9cccc(-c%10cccc(-c%11cccc(-n%12c%13ccccc%13c%13ccccc%13%12)c%11)c%10)c9)ccc8c7c6)cccc54)c3)c2)cc(-c2cccc(-n3c4ccccc4c4ccccc43)c2)c1. The van der Waals surface area contributed by atoms with E-state index in [1.165, 1.54) is 170 Å². The van der Waals surface area contributed by atoms with Crippen molar-refractivity contribution < 1.29 is 0 Å². The van der Waals surface area contributed by atoms with Crippen LogP contribution >= 0.6 is 0 Å². The van der Waals surface area contributed by atoms with E-state index in [4.69, 9.17) is 0 Å². The van der Waals surface area contributed by atoms with E-state index < -0.39 is 0 Å². The highest BCUT2D eigenvalue weighted by Gasteiger charge is 2.21. The van der Waals surface area contributed by atoms with Crippen molar-refractivity contribution in [2.75, 3.05) is 0 Å². The molecule has 0 radical (unpaired) electrons. The van der Waals surface area contributed by atoms with Crippen LogP contribution in [0.3, 0.4) is 0 Å². The van der Waals surface area contributed by atoms with Crippen LogP contribution in [0, 0.1) is 0 Å². The van der Waals surface area contributed by atoms with Crippen molar-refractivity contribution in [3.8, 4) is 95.0 Å². The maximum atomic E-state index is 2.46. The Hall–Kier alpha value is -13.1. The van der Waals surface area contributed by atoms with Crippen molar-refractivity contribution in [2.45, 2.75) is 0 Å². The molecule has 0 saturated heterocycles. The number of hydrogen-bond donors (Lipinski definition) is 0. The lowest BCUT2D eigenvalue weighted by molar-refractivity contribution is 1.18. The fourth-order valence-corrected chi connectivity index (χ4v) is 16.2. The summed E-state index contributed by atoms with van der Waals surface area (Å²) in [6, 6.07) is 137. The molecule has 17 aromatic carbocycles. The van der Waals surface area contributed by atoms with Gasteiger partial charge in [0, 0.05) is 49.4 Å². The summed E-state index contributed by atoms with van der Waals surface area (Å²) in [6.45, 7) is 0. The maximum Gasteiger partial charge on any atom is 0.0547 e. The molecule has 3 heteroatoms. The number of benzene rings is 17. The fraction of sp³-hybridized carbons (Fsp3) is 0. The van der Waals surface area contributed by atoms with Crippen LogP contribution in [0.2, 0.25) is 0 Å². The molecule has 0 N–H and O–H groups in total. The van der Waals surface area contributed by atoms with E-state index in [1.54, 1.807) is 0 Å². The average molecular weight is 1260 g/mol. The van der Waals surface area contributed by atoms with Crippen LogP contribution < -0.4 is 0 Å². The van der Waals surface area contributed by atoms with Gasteiger partial charge in [-0.2, -0.15) is 0 Å². The molecule has 0 saturated carbocycles. The summed E-state index contributed by atoms with van der Waals surface area (Å²) in [5.74, 6) is 0. The Bertz CT molecular complexity index is 6580. The lowest BCUT2D eigenvalue weighted by Crippen LogP contribution is -1.94. The minimum Gasteiger partial charge on any atom is -0.309 e. The minimum atomic E-state index is 1.12. The van der Waals surface area contributed by atoms with Gasteiger partial charge in [-0.05, 0) is 219 Å². The Morgan fingerprint density at radius 2 is 0.374 bits per heavy atom. The predicted molar refractivity (Wildman–Crippen MR) is 420 cm³/mol. The van der Waals surface area contributed by atoms with Gasteiger partial charge >= 0.3 is 0 Å². The Morgan fingerprint density at radius 3 is 0.768 bits per heavy atom. The molecule has 0 atom stereocenters. The number of para-hydroxylation sites is 5. The second-order valence-corrected chi connectivity index (χ2v) is 26.3. The van der Waals surface area contributed by atoms with Crippen LogP contribution in [0.4, 0.5) is 0 Å². The van der Waals surface area contributed by atoms with Gasteiger partial charge in [-0.1, -0.05) is 261 Å². The van der Waals surface area contributed by atoms with Crippen LogP contribution in [-0.2, 0) is 0 Å². The monoisotopic (exact) mass is 1260 g/mol. The van der Waals surface area contributed by atoms with Crippen LogP contribution in [0.15, 0.2) is 370 Å². The molecular weight excluding hydrogens is 1200 g/mol. The standard InChI is InChI=1S/C96H61N3/c1-2-36-80-79(35-1)81-52-50-74(61-89(81)82-51-49-73(60-88(80)82)69-28-16-24-65(56-69)64-23-15-26-67(55-64)71-30-18-33-76(58-71)98-92-45-10-5-39-85(92)86-40-6-11-46-93(86)98)78-42-20-48-95-96(78)87-41-7-12-47-94(87)99(95)77-34-19-31-72(59-77)68-27-14-22-63(54-68)62-21-13-25-66(53-62)70-29-17-32-75(57-70)97-90-43-8-3-37-83(90)84-38-4-9-44-91(84)97/h1-61H. The van der Waals surface area contributed by atoms with Crippen molar-refractivity contribution >= 4 is 97.7 Å². The summed E-state index contributed by atoms with van der Waals surface area (Å²) in [5, 5.41) is 15.0. The predicted octanol–water partition coefficient (Wildman–Crippen LogP) is 26.1. The van der Waals surface area contributed by atoms with E-state index in [1.807, 2.05) is 0 Å². The molecule has 460 valence electrons. The van der Waals surface area contributed by atoms with E-state index in [9.17, 15) is 0 Å². The van der Waals surface area contributed by atoms with Gasteiger partial charge in [0.1, 0.15) is 0 Å². The van der Waals surface area contributed by atoms with Gasteiger partial charge in [-0.15, -0.1) is 0 Å². The minimum absolute atomic E-state index is 1.12. The Balaban J connectivity index is 0.627. The van der Waals surface area contributed by atoms with E-state index in [2.05, 4.69) is 384 Å². The highest BCUT2D eigenvalue weighted by Crippen LogP contribution is 2.45. The second kappa shape index (κ2) is 22.8. The van der Waals surface area contributed by atoms with E-state index in [0.717, 1.165) is 22.6 Å². The number of fused-ring (bicyclic) bond motifs is 15. The molecular formula is C96H61N3. The first kappa shape index (κ1) is 56.3. The molecule has 0 aliphatic rings. The van der Waals surface area contributed by atoms with E-state index in [-0.39, 0.29) is 0 Å². The number of nitrogens with zero attached hydrogens (tertiary/aromatic N) is 3. The third-order valence-corrected chi connectivity index (χ3v) is 20.8. The summed E-state index contributed by atoms with van der Waals surface area (Å²) in [5.41, 5.74) is 27.2. The van der Waals surface area contributed by atoms with Crippen LogP contribution in [0.25, 0.3) is 193 Å². The summed E-state index contributed by atoms with van der Waals surface area (Å²) >= 11 is 0. The molecule has 0 amide bonds.